The highest BCUT2D eigenvalue weighted by atomic mass is 15.2. The fourth-order valence-electron chi connectivity index (χ4n) is 2.63. The molecule has 1 heterocycles. The van der Waals surface area contributed by atoms with Crippen molar-refractivity contribution in [3.8, 4) is 0 Å². The summed E-state index contributed by atoms with van der Waals surface area (Å²) in [7, 11) is 1.87. The predicted molar refractivity (Wildman–Crippen MR) is 71.6 cm³/mol. The second-order valence-electron chi connectivity index (χ2n) is 4.67. The van der Waals surface area contributed by atoms with E-state index in [1.165, 1.54) is 25.7 Å². The van der Waals surface area contributed by atoms with E-state index < -0.39 is 0 Å². The summed E-state index contributed by atoms with van der Waals surface area (Å²) >= 11 is 0. The second kappa shape index (κ2) is 5.34. The van der Waals surface area contributed by atoms with Gasteiger partial charge < -0.3 is 10.2 Å². The molecule has 0 radical (unpaired) electrons. The van der Waals surface area contributed by atoms with Gasteiger partial charge in [-0.3, -0.25) is 0 Å². The fourth-order valence-corrected chi connectivity index (χ4v) is 2.63. The molecule has 4 heteroatoms. The van der Waals surface area contributed by atoms with Gasteiger partial charge in [0, 0.05) is 31.4 Å². The number of anilines is 2. The summed E-state index contributed by atoms with van der Waals surface area (Å²) < 4.78 is 0. The first-order valence-electron chi connectivity index (χ1n) is 6.54. The molecule has 0 saturated heterocycles. The summed E-state index contributed by atoms with van der Waals surface area (Å²) in [4.78, 5) is 11.3. The number of hydrogen-bond acceptors (Lipinski definition) is 4. The number of nitrogens with one attached hydrogen (secondary N) is 1. The van der Waals surface area contributed by atoms with Crippen LogP contribution in [0.5, 0.6) is 0 Å². The lowest BCUT2D eigenvalue weighted by molar-refractivity contribution is 0.612. The molecule has 0 amide bonds. The quantitative estimate of drug-likeness (QED) is 0.869. The molecule has 0 spiro atoms. The smallest absolute Gasteiger partial charge is 0.224 e. The molecule has 17 heavy (non-hydrogen) atoms. The zero-order valence-corrected chi connectivity index (χ0v) is 11.0. The Hall–Kier alpha value is -1.32. The summed E-state index contributed by atoms with van der Waals surface area (Å²) in [5.74, 6) is 1.78. The maximum Gasteiger partial charge on any atom is 0.224 e. The molecule has 1 aromatic heterocycles. The lowest BCUT2D eigenvalue weighted by atomic mass is 10.2. The van der Waals surface area contributed by atoms with Gasteiger partial charge in [-0.2, -0.15) is 4.98 Å². The average Bonchev–Trinajstić information content (AvgIpc) is 2.83. The van der Waals surface area contributed by atoms with Gasteiger partial charge in [0.05, 0.1) is 0 Å². The van der Waals surface area contributed by atoms with Crippen LogP contribution in [-0.4, -0.2) is 29.6 Å². The third-order valence-electron chi connectivity index (χ3n) is 3.46. The molecule has 0 aromatic carbocycles. The molecule has 1 aliphatic rings. The van der Waals surface area contributed by atoms with Crippen LogP contribution in [0.15, 0.2) is 6.07 Å². The first-order chi connectivity index (χ1) is 8.24. The standard InChI is InChI=1S/C13H22N4/c1-4-17(11-7-5-6-8-11)12-9-10(2)15-13(14-3)16-12/h9,11H,4-8H2,1-3H3,(H,14,15,16). The highest BCUT2D eigenvalue weighted by Crippen LogP contribution is 2.27. The van der Waals surface area contributed by atoms with E-state index in [0.717, 1.165) is 24.0 Å². The van der Waals surface area contributed by atoms with Crippen LogP contribution in [0.1, 0.15) is 38.3 Å². The van der Waals surface area contributed by atoms with E-state index >= 15 is 0 Å². The number of aryl methyl sites for hydroxylation is 1. The maximum atomic E-state index is 4.57. The second-order valence-corrected chi connectivity index (χ2v) is 4.67. The van der Waals surface area contributed by atoms with E-state index in [0.29, 0.717) is 6.04 Å². The van der Waals surface area contributed by atoms with Crippen molar-refractivity contribution in [1.82, 2.24) is 9.97 Å². The lowest BCUT2D eigenvalue weighted by Gasteiger charge is -2.29. The summed E-state index contributed by atoms with van der Waals surface area (Å²) in [6, 6.07) is 2.75. The van der Waals surface area contributed by atoms with Gasteiger partial charge in [0.2, 0.25) is 5.95 Å². The van der Waals surface area contributed by atoms with Crippen molar-refractivity contribution in [2.45, 2.75) is 45.6 Å². The van der Waals surface area contributed by atoms with Crippen LogP contribution < -0.4 is 10.2 Å². The topological polar surface area (TPSA) is 41.1 Å². The van der Waals surface area contributed by atoms with Gasteiger partial charge in [-0.15, -0.1) is 0 Å². The Labute approximate surface area is 103 Å². The molecule has 4 nitrogen and oxygen atoms in total. The molecule has 0 aliphatic heterocycles. The van der Waals surface area contributed by atoms with Crippen LogP contribution in [0.2, 0.25) is 0 Å². The van der Waals surface area contributed by atoms with Crippen molar-refractivity contribution in [2.24, 2.45) is 0 Å². The number of nitrogens with zero attached hydrogens (tertiary/aromatic N) is 3. The van der Waals surface area contributed by atoms with Crippen LogP contribution in [0.3, 0.4) is 0 Å². The van der Waals surface area contributed by atoms with Crippen LogP contribution >= 0.6 is 0 Å². The Kier molecular flexibility index (Phi) is 3.82. The Morgan fingerprint density at radius 2 is 2.06 bits per heavy atom. The van der Waals surface area contributed by atoms with Crippen molar-refractivity contribution in [2.75, 3.05) is 23.8 Å². The molecule has 0 unspecified atom stereocenters. The van der Waals surface area contributed by atoms with Crippen LogP contribution in [0, 0.1) is 6.92 Å². The average molecular weight is 234 g/mol. The third kappa shape index (κ3) is 2.68. The third-order valence-corrected chi connectivity index (χ3v) is 3.46. The molecular weight excluding hydrogens is 212 g/mol. The number of aromatic nitrogens is 2. The largest absolute Gasteiger partial charge is 0.357 e. The van der Waals surface area contributed by atoms with Crippen molar-refractivity contribution < 1.29 is 0 Å². The zero-order valence-electron chi connectivity index (χ0n) is 11.0. The molecule has 0 bridgehead atoms. The van der Waals surface area contributed by atoms with Crippen molar-refractivity contribution in [1.29, 1.82) is 0 Å². The zero-order chi connectivity index (χ0) is 12.3. The van der Waals surface area contributed by atoms with E-state index in [4.69, 9.17) is 0 Å². The Morgan fingerprint density at radius 1 is 1.35 bits per heavy atom. The molecule has 1 aromatic rings. The van der Waals surface area contributed by atoms with E-state index in [2.05, 4.69) is 33.2 Å². The van der Waals surface area contributed by atoms with Gasteiger partial charge in [-0.25, -0.2) is 4.98 Å². The normalized spacial score (nSPS) is 16.2. The van der Waals surface area contributed by atoms with E-state index in [1.807, 2.05) is 14.0 Å². The van der Waals surface area contributed by atoms with Gasteiger partial charge >= 0.3 is 0 Å². The molecule has 1 fully saturated rings. The van der Waals surface area contributed by atoms with E-state index in [1.54, 1.807) is 0 Å². The molecule has 1 N–H and O–H groups in total. The highest BCUT2D eigenvalue weighted by Gasteiger charge is 2.22. The molecule has 1 aliphatic carbocycles. The Morgan fingerprint density at radius 3 is 2.65 bits per heavy atom. The minimum Gasteiger partial charge on any atom is -0.357 e. The first-order valence-corrected chi connectivity index (χ1v) is 6.54. The van der Waals surface area contributed by atoms with Crippen molar-refractivity contribution >= 4 is 11.8 Å². The summed E-state index contributed by atoms with van der Waals surface area (Å²) in [5.41, 5.74) is 1.02. The van der Waals surface area contributed by atoms with Crippen molar-refractivity contribution in [3.05, 3.63) is 11.8 Å². The predicted octanol–water partition coefficient (Wildman–Crippen LogP) is 2.60. The SMILES string of the molecule is CCN(c1cc(C)nc(NC)n1)C1CCCC1. The summed E-state index contributed by atoms with van der Waals surface area (Å²) in [5, 5.41) is 3.03. The maximum absolute atomic E-state index is 4.57. The molecule has 2 rings (SSSR count). The first kappa shape index (κ1) is 12.1. The molecule has 1 saturated carbocycles. The van der Waals surface area contributed by atoms with E-state index in [-0.39, 0.29) is 0 Å². The molecule has 94 valence electrons. The molecular formula is C13H22N4. The number of hydrogen-bond donors (Lipinski definition) is 1. The minimum absolute atomic E-state index is 0.666. The fraction of sp³-hybridized carbons (Fsp3) is 0.692. The van der Waals surface area contributed by atoms with Crippen LogP contribution in [0.4, 0.5) is 11.8 Å². The van der Waals surface area contributed by atoms with Crippen LogP contribution in [-0.2, 0) is 0 Å². The van der Waals surface area contributed by atoms with Gasteiger partial charge in [-0.1, -0.05) is 12.8 Å². The summed E-state index contributed by atoms with van der Waals surface area (Å²) in [6.07, 6.45) is 5.30. The van der Waals surface area contributed by atoms with Crippen LogP contribution in [0.25, 0.3) is 0 Å². The lowest BCUT2D eigenvalue weighted by Crippen LogP contribution is -2.33. The monoisotopic (exact) mass is 234 g/mol. The Balaban J connectivity index is 2.25. The highest BCUT2D eigenvalue weighted by molar-refractivity contribution is 5.45. The van der Waals surface area contributed by atoms with Gasteiger partial charge in [0.15, 0.2) is 0 Å². The van der Waals surface area contributed by atoms with E-state index in [9.17, 15) is 0 Å². The van der Waals surface area contributed by atoms with Gasteiger partial charge in [-0.05, 0) is 26.7 Å². The van der Waals surface area contributed by atoms with Gasteiger partial charge in [0.25, 0.3) is 0 Å². The molecule has 0 atom stereocenters. The van der Waals surface area contributed by atoms with Crippen molar-refractivity contribution in [3.63, 3.8) is 0 Å². The summed E-state index contributed by atoms with van der Waals surface area (Å²) in [6.45, 7) is 5.24. The van der Waals surface area contributed by atoms with Gasteiger partial charge in [0.1, 0.15) is 5.82 Å². The minimum atomic E-state index is 0.666. The number of rotatable bonds is 4. The Bertz CT molecular complexity index is 372.